The van der Waals surface area contributed by atoms with E-state index in [9.17, 15) is 0 Å². The van der Waals surface area contributed by atoms with Crippen LogP contribution in [-0.2, 0) is 0 Å². The van der Waals surface area contributed by atoms with Crippen molar-refractivity contribution in [3.63, 3.8) is 0 Å². The number of nitrogens with zero attached hydrogens (tertiary/aromatic N) is 1. The summed E-state index contributed by atoms with van der Waals surface area (Å²) in [6, 6.07) is 25.2. The fraction of sp³-hybridized carbons (Fsp3) is 0.208. The summed E-state index contributed by atoms with van der Waals surface area (Å²) in [5, 5.41) is 1.22. The van der Waals surface area contributed by atoms with Gasteiger partial charge >= 0.3 is 0 Å². The van der Waals surface area contributed by atoms with Gasteiger partial charge in [0.1, 0.15) is 0 Å². The average Bonchev–Trinajstić information content (AvgIpc) is 2.71. The first-order chi connectivity index (χ1) is 13.1. The zero-order valence-electron chi connectivity index (χ0n) is 15.2. The quantitative estimate of drug-likeness (QED) is 0.437. The third kappa shape index (κ3) is 3.81. The lowest BCUT2D eigenvalue weighted by atomic mass is 9.78. The van der Waals surface area contributed by atoms with Crippen molar-refractivity contribution in [2.75, 3.05) is 0 Å². The molecule has 0 aromatic heterocycles. The van der Waals surface area contributed by atoms with Crippen molar-refractivity contribution in [2.24, 2.45) is 4.99 Å². The Labute approximate surface area is 170 Å². The van der Waals surface area contributed by atoms with Gasteiger partial charge in [0.15, 0.2) is 0 Å². The molecule has 0 fully saturated rings. The molecule has 27 heavy (non-hydrogen) atoms. The molecule has 0 heterocycles. The first kappa shape index (κ1) is 18.3. The Bertz CT molecular complexity index is 979. The second-order valence-electron chi connectivity index (χ2n) is 7.01. The number of halogens is 2. The topological polar surface area (TPSA) is 12.4 Å². The molecule has 1 aliphatic rings. The molecule has 3 aromatic carbocycles. The van der Waals surface area contributed by atoms with Gasteiger partial charge in [-0.15, -0.1) is 0 Å². The van der Waals surface area contributed by atoms with E-state index in [-0.39, 0.29) is 6.04 Å². The summed E-state index contributed by atoms with van der Waals surface area (Å²) in [6.45, 7) is 2.16. The minimum Gasteiger partial charge on any atom is -0.281 e. The van der Waals surface area contributed by atoms with Crippen molar-refractivity contribution in [2.45, 2.75) is 31.7 Å². The molecule has 0 saturated heterocycles. The number of hydrogen-bond donors (Lipinski definition) is 0. The lowest BCUT2D eigenvalue weighted by Gasteiger charge is -2.28. The summed E-state index contributed by atoms with van der Waals surface area (Å²) in [5.74, 6) is 0.321. The Kier molecular flexibility index (Phi) is 5.33. The van der Waals surface area contributed by atoms with Crippen molar-refractivity contribution < 1.29 is 0 Å². The smallest absolute Gasteiger partial charge is 0.0724 e. The Balaban J connectivity index is 1.71. The molecule has 0 amide bonds. The van der Waals surface area contributed by atoms with Crippen LogP contribution in [0, 0.1) is 0 Å². The zero-order chi connectivity index (χ0) is 18.8. The highest BCUT2D eigenvalue weighted by Crippen LogP contribution is 2.39. The maximum Gasteiger partial charge on any atom is 0.0724 e. The van der Waals surface area contributed by atoms with E-state index in [4.69, 9.17) is 28.2 Å². The molecule has 0 radical (unpaired) electrons. The van der Waals surface area contributed by atoms with Crippen LogP contribution in [0.1, 0.15) is 54.0 Å². The number of fused-ring (bicyclic) bond motifs is 1. The number of hydrogen-bond acceptors (Lipinski definition) is 1. The van der Waals surface area contributed by atoms with Crippen LogP contribution in [0.4, 0.5) is 0 Å². The molecule has 2 atom stereocenters. The van der Waals surface area contributed by atoms with Gasteiger partial charge in [0.25, 0.3) is 0 Å². The van der Waals surface area contributed by atoms with E-state index in [2.05, 4.69) is 61.5 Å². The third-order valence-corrected chi connectivity index (χ3v) is 6.03. The van der Waals surface area contributed by atoms with Crippen LogP contribution in [0.2, 0.25) is 10.0 Å². The van der Waals surface area contributed by atoms with Gasteiger partial charge in [-0.05, 0) is 54.2 Å². The Morgan fingerprint density at radius 2 is 1.63 bits per heavy atom. The van der Waals surface area contributed by atoms with E-state index in [1.165, 1.54) is 28.0 Å². The van der Waals surface area contributed by atoms with Crippen molar-refractivity contribution in [3.8, 4) is 0 Å². The highest BCUT2D eigenvalue weighted by atomic mass is 35.5. The van der Waals surface area contributed by atoms with Gasteiger partial charge in [-0.2, -0.15) is 0 Å². The van der Waals surface area contributed by atoms with Gasteiger partial charge in [-0.3, -0.25) is 4.99 Å². The Morgan fingerprint density at radius 1 is 0.889 bits per heavy atom. The molecule has 3 heteroatoms. The predicted octanol–water partition coefficient (Wildman–Crippen LogP) is 7.47. The third-order valence-electron chi connectivity index (χ3n) is 5.29. The van der Waals surface area contributed by atoms with Crippen LogP contribution in [-0.4, -0.2) is 5.71 Å². The number of aliphatic imine (C=N–C) groups is 1. The van der Waals surface area contributed by atoms with E-state index in [0.717, 1.165) is 12.8 Å². The van der Waals surface area contributed by atoms with Crippen LogP contribution in [0.3, 0.4) is 0 Å². The monoisotopic (exact) mass is 393 g/mol. The molecule has 0 N–H and O–H groups in total. The van der Waals surface area contributed by atoms with Crippen molar-refractivity contribution in [3.05, 3.63) is 105 Å². The fourth-order valence-corrected chi connectivity index (χ4v) is 4.19. The Hall–Kier alpha value is -2.09. The molecule has 0 saturated carbocycles. The highest BCUT2D eigenvalue weighted by molar-refractivity contribution is 6.42. The van der Waals surface area contributed by atoms with E-state index in [0.29, 0.717) is 16.0 Å². The summed E-state index contributed by atoms with van der Waals surface area (Å²) in [5.41, 5.74) is 6.23. The second-order valence-corrected chi connectivity index (χ2v) is 7.83. The van der Waals surface area contributed by atoms with Gasteiger partial charge in [-0.25, -0.2) is 0 Å². The van der Waals surface area contributed by atoms with Crippen molar-refractivity contribution >= 4 is 28.9 Å². The van der Waals surface area contributed by atoms with Crippen LogP contribution in [0.25, 0.3) is 0 Å². The number of rotatable bonds is 3. The van der Waals surface area contributed by atoms with Crippen LogP contribution >= 0.6 is 23.2 Å². The normalized spacial score (nSPS) is 18.9. The standard InChI is InChI=1S/C24H21Cl2N/c1-16(17-7-3-2-4-8-17)27-24-14-12-19(20-9-5-6-10-21(20)24)18-11-13-22(25)23(26)15-18/h2-11,13,15-16,19H,12,14H2,1H3/b27-24+/t16-,19+/m1/s1. The minimum absolute atomic E-state index is 0.149. The van der Waals surface area contributed by atoms with E-state index in [1.54, 1.807) is 0 Å². The van der Waals surface area contributed by atoms with E-state index < -0.39 is 0 Å². The fourth-order valence-electron chi connectivity index (χ4n) is 3.88. The molecule has 0 spiro atoms. The minimum atomic E-state index is 0.149. The molecule has 1 nitrogen and oxygen atoms in total. The average molecular weight is 394 g/mol. The van der Waals surface area contributed by atoms with E-state index >= 15 is 0 Å². The molecule has 3 aromatic rings. The van der Waals surface area contributed by atoms with Gasteiger partial charge in [-0.1, -0.05) is 83.9 Å². The van der Waals surface area contributed by atoms with Gasteiger partial charge in [0.2, 0.25) is 0 Å². The molecule has 0 unspecified atom stereocenters. The summed E-state index contributed by atoms with van der Waals surface area (Å²) < 4.78 is 0. The molecular formula is C24H21Cl2N. The molecule has 4 rings (SSSR count). The first-order valence-electron chi connectivity index (χ1n) is 9.29. The van der Waals surface area contributed by atoms with Crippen LogP contribution in [0.15, 0.2) is 77.8 Å². The zero-order valence-corrected chi connectivity index (χ0v) is 16.7. The molecule has 0 aliphatic heterocycles. The second kappa shape index (κ2) is 7.88. The SMILES string of the molecule is C[C@@H](/N=C1\CC[C@@H](c2ccc(Cl)c(Cl)c2)c2ccccc21)c1ccccc1. The predicted molar refractivity (Wildman–Crippen MR) is 115 cm³/mol. The summed E-state index contributed by atoms with van der Waals surface area (Å²) in [4.78, 5) is 5.08. The molecule has 1 aliphatic carbocycles. The largest absolute Gasteiger partial charge is 0.281 e. The van der Waals surface area contributed by atoms with E-state index in [1.807, 2.05) is 18.2 Å². The summed E-state index contributed by atoms with van der Waals surface area (Å²) in [7, 11) is 0. The summed E-state index contributed by atoms with van der Waals surface area (Å²) in [6.07, 6.45) is 1.98. The molecular weight excluding hydrogens is 373 g/mol. The lowest BCUT2D eigenvalue weighted by Crippen LogP contribution is -2.18. The molecule has 0 bridgehead atoms. The van der Waals surface area contributed by atoms with Gasteiger partial charge < -0.3 is 0 Å². The maximum atomic E-state index is 6.27. The summed E-state index contributed by atoms with van der Waals surface area (Å²) >= 11 is 12.4. The van der Waals surface area contributed by atoms with Gasteiger partial charge in [0.05, 0.1) is 16.1 Å². The Morgan fingerprint density at radius 3 is 2.41 bits per heavy atom. The lowest BCUT2D eigenvalue weighted by molar-refractivity contribution is 0.712. The van der Waals surface area contributed by atoms with Crippen LogP contribution < -0.4 is 0 Å². The maximum absolute atomic E-state index is 6.27. The van der Waals surface area contributed by atoms with Gasteiger partial charge in [0, 0.05) is 11.6 Å². The van der Waals surface area contributed by atoms with Crippen molar-refractivity contribution in [1.82, 2.24) is 0 Å². The van der Waals surface area contributed by atoms with Crippen LogP contribution in [0.5, 0.6) is 0 Å². The van der Waals surface area contributed by atoms with Crippen molar-refractivity contribution in [1.29, 1.82) is 0 Å². The highest BCUT2D eigenvalue weighted by Gasteiger charge is 2.26. The number of benzene rings is 3. The first-order valence-corrected chi connectivity index (χ1v) is 10.0. The molecule has 136 valence electrons.